The number of nitrogens with zero attached hydrogens (tertiary/aromatic N) is 2. The molecule has 0 radical (unpaired) electrons. The van der Waals surface area contributed by atoms with Crippen LogP contribution < -0.4 is 9.80 Å². The fourth-order valence-corrected chi connectivity index (χ4v) is 16.3. The average molecular weight is 1160 g/mol. The number of hydrogen-bond donors (Lipinski definition) is 0. The summed E-state index contributed by atoms with van der Waals surface area (Å²) in [5.74, 6) is 1.16. The largest absolute Gasteiger partial charge is 0.454 e. The summed E-state index contributed by atoms with van der Waals surface area (Å²) >= 11 is 0. The summed E-state index contributed by atoms with van der Waals surface area (Å²) < 4.78 is 14.7. The van der Waals surface area contributed by atoms with Gasteiger partial charge in [0, 0.05) is 55.1 Å². The Bertz CT molecular complexity index is 4770. The summed E-state index contributed by atoms with van der Waals surface area (Å²) in [4.78, 5) is 5.01. The maximum atomic E-state index is 7.38. The molecule has 2 saturated carbocycles. The highest BCUT2D eigenvalue weighted by atomic mass is 16.3. The molecule has 13 aromatic rings. The molecular formula is C85H78N2O2. The number of benzene rings is 11. The molecular weight excluding hydrogens is 1080 g/mol. The molecule has 0 N–H and O–H groups in total. The van der Waals surface area contributed by atoms with Crippen LogP contribution in [-0.2, 0) is 16.2 Å². The molecule has 0 spiro atoms. The molecule has 89 heavy (non-hydrogen) atoms. The molecule has 16 rings (SSSR count). The Hall–Kier alpha value is -9.12. The van der Waals surface area contributed by atoms with Crippen LogP contribution in [0.5, 0.6) is 0 Å². The quantitative estimate of drug-likeness (QED) is 0.137. The fourth-order valence-electron chi connectivity index (χ4n) is 16.3. The second kappa shape index (κ2) is 21.6. The van der Waals surface area contributed by atoms with Crippen molar-refractivity contribution in [1.82, 2.24) is 0 Å². The molecule has 2 fully saturated rings. The van der Waals surface area contributed by atoms with Crippen LogP contribution in [0.3, 0.4) is 0 Å². The average Bonchev–Trinajstić information content (AvgIpc) is 1.58. The first-order valence-corrected chi connectivity index (χ1v) is 33.0. The van der Waals surface area contributed by atoms with E-state index in [1.807, 2.05) is 0 Å². The predicted octanol–water partition coefficient (Wildman–Crippen LogP) is 24.6. The van der Waals surface area contributed by atoms with Crippen molar-refractivity contribution in [3.8, 4) is 11.1 Å². The van der Waals surface area contributed by atoms with Gasteiger partial charge in [-0.15, -0.1) is 0 Å². The van der Waals surface area contributed by atoms with Gasteiger partial charge in [-0.05, 0) is 153 Å². The maximum absolute atomic E-state index is 7.38. The molecule has 0 atom stereocenters. The number of fused-ring (bicyclic) bond motifs is 11. The van der Waals surface area contributed by atoms with Crippen LogP contribution in [0.1, 0.15) is 162 Å². The van der Waals surface area contributed by atoms with E-state index >= 15 is 0 Å². The van der Waals surface area contributed by atoms with Crippen LogP contribution in [0.2, 0.25) is 0 Å². The Balaban J connectivity index is 0.971. The van der Waals surface area contributed by atoms with Crippen LogP contribution in [0, 0.1) is 0 Å². The van der Waals surface area contributed by atoms with Crippen molar-refractivity contribution >= 4 is 88.8 Å². The van der Waals surface area contributed by atoms with E-state index in [9.17, 15) is 0 Å². The summed E-state index contributed by atoms with van der Waals surface area (Å²) in [5.41, 5.74) is 21.7. The van der Waals surface area contributed by atoms with Crippen molar-refractivity contribution in [1.29, 1.82) is 0 Å². The minimum Gasteiger partial charge on any atom is -0.454 e. The molecule has 0 unspecified atom stereocenters. The van der Waals surface area contributed by atoms with Gasteiger partial charge in [-0.25, -0.2) is 0 Å². The third-order valence-corrected chi connectivity index (χ3v) is 20.6. The first-order chi connectivity index (χ1) is 43.4. The number of anilines is 6. The zero-order chi connectivity index (χ0) is 60.2. The monoisotopic (exact) mass is 1160 g/mol. The minimum absolute atomic E-state index is 0.119. The lowest BCUT2D eigenvalue weighted by atomic mass is 9.67. The summed E-state index contributed by atoms with van der Waals surface area (Å²) in [7, 11) is 0. The van der Waals surface area contributed by atoms with Gasteiger partial charge < -0.3 is 18.6 Å². The fraction of sp³-hybridized carbons (Fsp3) is 0.247. The molecule has 0 amide bonds. The molecule has 11 aromatic carbocycles. The third-order valence-electron chi connectivity index (χ3n) is 20.6. The predicted molar refractivity (Wildman–Crippen MR) is 374 cm³/mol. The Morgan fingerprint density at radius 2 is 0.753 bits per heavy atom. The van der Waals surface area contributed by atoms with Gasteiger partial charge in [0.1, 0.15) is 11.2 Å². The molecule has 3 aliphatic carbocycles. The zero-order valence-corrected chi connectivity index (χ0v) is 52.4. The topological polar surface area (TPSA) is 32.8 Å². The van der Waals surface area contributed by atoms with Crippen LogP contribution in [0.15, 0.2) is 239 Å². The van der Waals surface area contributed by atoms with Crippen molar-refractivity contribution in [2.75, 3.05) is 9.80 Å². The van der Waals surface area contributed by atoms with Crippen LogP contribution in [-0.4, -0.2) is 0 Å². The first kappa shape index (κ1) is 55.2. The summed E-state index contributed by atoms with van der Waals surface area (Å²) in [5, 5.41) is 6.88. The lowest BCUT2D eigenvalue weighted by molar-refractivity contribution is 0.443. The molecule has 4 heteroatoms. The van der Waals surface area contributed by atoms with E-state index < -0.39 is 5.41 Å². The highest BCUT2D eigenvalue weighted by Crippen LogP contribution is 2.61. The van der Waals surface area contributed by atoms with E-state index in [0.29, 0.717) is 11.8 Å². The van der Waals surface area contributed by atoms with Gasteiger partial charge in [0.15, 0.2) is 11.2 Å². The van der Waals surface area contributed by atoms with Crippen molar-refractivity contribution in [2.45, 2.75) is 134 Å². The van der Waals surface area contributed by atoms with E-state index in [1.165, 1.54) is 131 Å². The van der Waals surface area contributed by atoms with Gasteiger partial charge in [0.25, 0.3) is 0 Å². The Labute approximate surface area is 524 Å². The SMILES string of the molecule is CC(C)(C)c1cccc2c1oc1c(N(c3ccc(C4CCCCC4)cc3)c3ccc4c(c3)C(c3ccccc3)(c3ccccc3)c3cc(N(c5ccc(C6CCCCC6)cc5)c5cccc6c5oc5c(C(C)(C)C)cccc56)c5ccccc5c3-4)cccc12. The standard InChI is InChI=1S/C85H78N2O2/c1-83(2,3)71-39-21-35-66-68-37-23-41-75(81(68)88-79(66)71)86(61-47-43-57(44-48-61)55-25-11-7-12-26-55)63-51-52-70-73(53-63)85(59-29-15-9-16-30-59,60-31-17-10-18-32-60)74-54-77(64-33-19-20-34-65(64)78(70)74)87(62-49-45-58(46-50-62)56-27-13-8-14-28-56)76-42-24-38-69-67-36-22-40-72(84(4,5)6)80(67)89-82(69)76/h9-10,15-24,29-56H,7-8,11-14,25-28H2,1-6H3. The second-order valence-electron chi connectivity index (χ2n) is 28.0. The Morgan fingerprint density at radius 3 is 1.25 bits per heavy atom. The number of furan rings is 2. The summed E-state index contributed by atoms with van der Waals surface area (Å²) in [6.07, 6.45) is 12.8. The van der Waals surface area contributed by atoms with Gasteiger partial charge in [-0.3, -0.25) is 0 Å². The minimum atomic E-state index is -0.783. The van der Waals surface area contributed by atoms with Crippen molar-refractivity contribution in [3.63, 3.8) is 0 Å². The van der Waals surface area contributed by atoms with E-state index in [1.54, 1.807) is 0 Å². The van der Waals surface area contributed by atoms with Gasteiger partial charge in [-0.1, -0.05) is 256 Å². The number of hydrogen-bond acceptors (Lipinski definition) is 4. The molecule has 0 aliphatic heterocycles. The molecule has 3 aliphatic rings. The van der Waals surface area contributed by atoms with Crippen LogP contribution in [0.4, 0.5) is 34.1 Å². The van der Waals surface area contributed by atoms with Gasteiger partial charge >= 0.3 is 0 Å². The number of para-hydroxylation sites is 4. The second-order valence-corrected chi connectivity index (χ2v) is 28.0. The third kappa shape index (κ3) is 9.06. The van der Waals surface area contributed by atoms with E-state index in [-0.39, 0.29) is 10.8 Å². The van der Waals surface area contributed by atoms with Crippen molar-refractivity contribution in [2.24, 2.45) is 0 Å². The molecule has 2 aromatic heterocycles. The Kier molecular flexibility index (Phi) is 13.4. The smallest absolute Gasteiger partial charge is 0.159 e. The normalized spacial score (nSPS) is 15.5. The molecule has 440 valence electrons. The Morgan fingerprint density at radius 1 is 0.337 bits per heavy atom. The summed E-state index contributed by atoms with van der Waals surface area (Å²) in [6, 6.07) is 87.8. The number of rotatable bonds is 10. The molecule has 0 bridgehead atoms. The highest BCUT2D eigenvalue weighted by Gasteiger charge is 2.48. The van der Waals surface area contributed by atoms with Crippen molar-refractivity contribution < 1.29 is 8.83 Å². The van der Waals surface area contributed by atoms with E-state index in [4.69, 9.17) is 8.83 Å². The highest BCUT2D eigenvalue weighted by molar-refractivity contribution is 6.16. The van der Waals surface area contributed by atoms with Crippen LogP contribution in [0.25, 0.3) is 65.8 Å². The first-order valence-electron chi connectivity index (χ1n) is 33.0. The molecule has 0 saturated heterocycles. The van der Waals surface area contributed by atoms with Gasteiger partial charge in [0.05, 0.1) is 22.5 Å². The van der Waals surface area contributed by atoms with Crippen molar-refractivity contribution in [3.05, 3.63) is 275 Å². The van der Waals surface area contributed by atoms with Gasteiger partial charge in [-0.2, -0.15) is 0 Å². The molecule has 4 nitrogen and oxygen atoms in total. The van der Waals surface area contributed by atoms with Crippen LogP contribution >= 0.6 is 0 Å². The maximum Gasteiger partial charge on any atom is 0.159 e. The lowest BCUT2D eigenvalue weighted by Gasteiger charge is -2.36. The molecule has 2 heterocycles. The van der Waals surface area contributed by atoms with E-state index in [2.05, 4.69) is 282 Å². The summed E-state index contributed by atoms with van der Waals surface area (Å²) in [6.45, 7) is 13.7. The lowest BCUT2D eigenvalue weighted by Crippen LogP contribution is -2.29. The van der Waals surface area contributed by atoms with E-state index in [0.717, 1.165) is 78.0 Å². The van der Waals surface area contributed by atoms with Gasteiger partial charge in [0.2, 0.25) is 0 Å². The zero-order valence-electron chi connectivity index (χ0n) is 52.4.